The molecule has 3 heteroatoms. The molecule has 1 aromatic rings. The first kappa shape index (κ1) is 10.2. The maximum Gasteiger partial charge on any atom is 0.294 e. The van der Waals surface area contributed by atoms with Gasteiger partial charge in [0.15, 0.2) is 5.72 Å². The Hall–Kier alpha value is -1.35. The zero-order chi connectivity index (χ0) is 10.7. The highest BCUT2D eigenvalue weighted by Gasteiger charge is 2.34. The summed E-state index contributed by atoms with van der Waals surface area (Å²) in [6, 6.07) is 8.29. The molecule has 1 unspecified atom stereocenters. The number of hydrogen-bond acceptors (Lipinski definition) is 3. The fourth-order valence-corrected chi connectivity index (χ4v) is 2.17. The SMILES string of the molecule is CNC1(OC=O)CCc2ccccc2C1. The third-order valence-corrected chi connectivity index (χ3v) is 3.12. The van der Waals surface area contributed by atoms with Gasteiger partial charge in [0, 0.05) is 12.8 Å². The van der Waals surface area contributed by atoms with E-state index in [2.05, 4.69) is 17.4 Å². The third kappa shape index (κ3) is 1.88. The Balaban J connectivity index is 2.26. The smallest absolute Gasteiger partial charge is 0.294 e. The summed E-state index contributed by atoms with van der Waals surface area (Å²) in [6.45, 7) is 0.532. The average molecular weight is 205 g/mol. The van der Waals surface area contributed by atoms with Gasteiger partial charge in [0.1, 0.15) is 0 Å². The first-order valence-electron chi connectivity index (χ1n) is 5.17. The van der Waals surface area contributed by atoms with Crippen LogP contribution in [0.1, 0.15) is 17.5 Å². The summed E-state index contributed by atoms with van der Waals surface area (Å²) in [6.07, 6.45) is 2.53. The van der Waals surface area contributed by atoms with Crippen molar-refractivity contribution in [2.45, 2.75) is 25.0 Å². The van der Waals surface area contributed by atoms with Gasteiger partial charge in [-0.3, -0.25) is 10.1 Å². The zero-order valence-electron chi connectivity index (χ0n) is 8.82. The van der Waals surface area contributed by atoms with Crippen LogP contribution in [0.4, 0.5) is 0 Å². The van der Waals surface area contributed by atoms with Crippen molar-refractivity contribution in [3.8, 4) is 0 Å². The lowest BCUT2D eigenvalue weighted by atomic mass is 9.85. The van der Waals surface area contributed by atoms with Gasteiger partial charge in [-0.2, -0.15) is 0 Å². The van der Waals surface area contributed by atoms with Gasteiger partial charge in [0.25, 0.3) is 6.47 Å². The molecular weight excluding hydrogens is 190 g/mol. The van der Waals surface area contributed by atoms with Crippen molar-refractivity contribution in [2.75, 3.05) is 7.05 Å². The van der Waals surface area contributed by atoms with Crippen LogP contribution in [0.15, 0.2) is 24.3 Å². The molecule has 1 N–H and O–H groups in total. The van der Waals surface area contributed by atoms with Gasteiger partial charge < -0.3 is 4.74 Å². The number of ether oxygens (including phenoxy) is 1. The first-order valence-corrected chi connectivity index (χ1v) is 5.17. The van der Waals surface area contributed by atoms with Crippen molar-refractivity contribution in [3.63, 3.8) is 0 Å². The Labute approximate surface area is 89.4 Å². The molecule has 1 atom stereocenters. The highest BCUT2D eigenvalue weighted by Crippen LogP contribution is 2.28. The largest absolute Gasteiger partial charge is 0.446 e. The molecule has 0 heterocycles. The molecule has 15 heavy (non-hydrogen) atoms. The lowest BCUT2D eigenvalue weighted by Crippen LogP contribution is -2.49. The van der Waals surface area contributed by atoms with E-state index in [1.165, 1.54) is 11.1 Å². The Morgan fingerprint density at radius 2 is 2.13 bits per heavy atom. The minimum absolute atomic E-state index is 0.504. The summed E-state index contributed by atoms with van der Waals surface area (Å²) >= 11 is 0. The van der Waals surface area contributed by atoms with E-state index in [9.17, 15) is 4.79 Å². The summed E-state index contributed by atoms with van der Waals surface area (Å²) in [5, 5.41) is 3.11. The fourth-order valence-electron chi connectivity index (χ4n) is 2.17. The van der Waals surface area contributed by atoms with Crippen LogP contribution in [0.25, 0.3) is 0 Å². The molecule has 3 nitrogen and oxygen atoms in total. The number of fused-ring (bicyclic) bond motifs is 1. The minimum atomic E-state index is -0.504. The summed E-state index contributed by atoms with van der Waals surface area (Å²) < 4.78 is 5.18. The fraction of sp³-hybridized carbons (Fsp3) is 0.417. The molecular formula is C12H15NO2. The summed E-state index contributed by atoms with van der Waals surface area (Å²) in [4.78, 5) is 10.5. The van der Waals surface area contributed by atoms with E-state index in [1.807, 2.05) is 19.2 Å². The number of likely N-dealkylation sites (N-methyl/N-ethyl adjacent to an activating group) is 1. The number of benzene rings is 1. The highest BCUT2D eigenvalue weighted by molar-refractivity contribution is 5.40. The topological polar surface area (TPSA) is 38.3 Å². The van der Waals surface area contributed by atoms with Crippen LogP contribution < -0.4 is 5.32 Å². The molecule has 0 bridgehead atoms. The summed E-state index contributed by atoms with van der Waals surface area (Å²) in [5.41, 5.74) is 2.12. The van der Waals surface area contributed by atoms with Crippen molar-refractivity contribution in [1.29, 1.82) is 0 Å². The Bertz CT molecular complexity index is 364. The van der Waals surface area contributed by atoms with Crippen LogP contribution in [-0.2, 0) is 22.4 Å². The van der Waals surface area contributed by atoms with Gasteiger partial charge in [0.2, 0.25) is 0 Å². The molecule has 1 aliphatic carbocycles. The molecule has 0 fully saturated rings. The summed E-state index contributed by atoms with van der Waals surface area (Å²) in [5.74, 6) is 0. The molecule has 0 amide bonds. The minimum Gasteiger partial charge on any atom is -0.446 e. The van der Waals surface area contributed by atoms with E-state index in [4.69, 9.17) is 4.74 Å². The van der Waals surface area contributed by atoms with Crippen LogP contribution in [-0.4, -0.2) is 19.2 Å². The third-order valence-electron chi connectivity index (χ3n) is 3.12. The second-order valence-electron chi connectivity index (χ2n) is 3.90. The molecule has 1 aliphatic rings. The number of aryl methyl sites for hydroxylation is 1. The molecule has 0 aliphatic heterocycles. The van der Waals surface area contributed by atoms with E-state index in [-0.39, 0.29) is 0 Å². The van der Waals surface area contributed by atoms with Gasteiger partial charge in [-0.1, -0.05) is 24.3 Å². The van der Waals surface area contributed by atoms with Crippen LogP contribution in [0, 0.1) is 0 Å². The zero-order valence-corrected chi connectivity index (χ0v) is 8.82. The average Bonchev–Trinajstić information content (AvgIpc) is 2.29. The van der Waals surface area contributed by atoms with E-state index >= 15 is 0 Å². The Kier molecular flexibility index (Phi) is 2.73. The van der Waals surface area contributed by atoms with E-state index < -0.39 is 5.72 Å². The molecule has 2 rings (SSSR count). The monoisotopic (exact) mass is 205 g/mol. The number of nitrogens with one attached hydrogen (secondary N) is 1. The quantitative estimate of drug-likeness (QED) is 0.596. The number of rotatable bonds is 3. The van der Waals surface area contributed by atoms with Crippen molar-refractivity contribution in [3.05, 3.63) is 35.4 Å². The van der Waals surface area contributed by atoms with Crippen LogP contribution in [0.3, 0.4) is 0 Å². The lowest BCUT2D eigenvalue weighted by Gasteiger charge is -2.36. The second kappa shape index (κ2) is 4.03. The van der Waals surface area contributed by atoms with Gasteiger partial charge >= 0.3 is 0 Å². The Morgan fingerprint density at radius 1 is 1.40 bits per heavy atom. The van der Waals surface area contributed by atoms with Crippen LogP contribution in [0.5, 0.6) is 0 Å². The molecule has 1 aromatic carbocycles. The lowest BCUT2D eigenvalue weighted by molar-refractivity contribution is -0.148. The van der Waals surface area contributed by atoms with Crippen molar-refractivity contribution in [1.82, 2.24) is 5.32 Å². The van der Waals surface area contributed by atoms with E-state index in [0.29, 0.717) is 6.47 Å². The predicted octanol–water partition coefficient (Wildman–Crippen LogP) is 1.26. The molecule has 0 radical (unpaired) electrons. The van der Waals surface area contributed by atoms with Gasteiger partial charge in [-0.25, -0.2) is 0 Å². The standard InChI is InChI=1S/C12H15NO2/c1-13-12(15-9-14)7-6-10-4-2-3-5-11(10)8-12/h2-5,9,13H,6-8H2,1H3. The number of hydrogen-bond donors (Lipinski definition) is 1. The van der Waals surface area contributed by atoms with Gasteiger partial charge in [-0.05, 0) is 24.6 Å². The van der Waals surface area contributed by atoms with Gasteiger partial charge in [-0.15, -0.1) is 0 Å². The van der Waals surface area contributed by atoms with E-state index in [0.717, 1.165) is 19.3 Å². The molecule has 0 aromatic heterocycles. The number of carbonyl (C=O) groups is 1. The first-order chi connectivity index (χ1) is 7.29. The normalized spacial score (nSPS) is 24.3. The molecule has 0 saturated heterocycles. The van der Waals surface area contributed by atoms with Crippen LogP contribution >= 0.6 is 0 Å². The predicted molar refractivity (Wildman–Crippen MR) is 57.4 cm³/mol. The summed E-state index contributed by atoms with van der Waals surface area (Å²) in [7, 11) is 1.83. The Morgan fingerprint density at radius 3 is 2.80 bits per heavy atom. The van der Waals surface area contributed by atoms with E-state index in [1.54, 1.807) is 0 Å². The molecule has 0 spiro atoms. The highest BCUT2D eigenvalue weighted by atomic mass is 16.6. The molecule has 0 saturated carbocycles. The molecule has 80 valence electrons. The second-order valence-corrected chi connectivity index (χ2v) is 3.90. The van der Waals surface area contributed by atoms with Crippen molar-refractivity contribution in [2.24, 2.45) is 0 Å². The maximum atomic E-state index is 10.5. The van der Waals surface area contributed by atoms with Crippen molar-refractivity contribution >= 4 is 6.47 Å². The maximum absolute atomic E-state index is 10.5. The van der Waals surface area contributed by atoms with Crippen LogP contribution in [0.2, 0.25) is 0 Å². The van der Waals surface area contributed by atoms with Gasteiger partial charge in [0.05, 0.1) is 0 Å². The van der Waals surface area contributed by atoms with Crippen molar-refractivity contribution < 1.29 is 9.53 Å². The number of carbonyl (C=O) groups excluding carboxylic acids is 1.